The maximum absolute atomic E-state index is 10.7. The zero-order chi connectivity index (χ0) is 18.7. The van der Waals surface area contributed by atoms with Crippen molar-refractivity contribution in [2.75, 3.05) is 0 Å². The van der Waals surface area contributed by atoms with Crippen LogP contribution in [0.1, 0.15) is 11.1 Å². The number of nitro benzene ring substituents is 1. The lowest BCUT2D eigenvalue weighted by molar-refractivity contribution is -0.384. The van der Waals surface area contributed by atoms with Gasteiger partial charge in [0.2, 0.25) is 0 Å². The van der Waals surface area contributed by atoms with E-state index in [1.165, 1.54) is 12.1 Å². The number of guanidine groups is 1. The third-order valence-electron chi connectivity index (χ3n) is 3.68. The predicted molar refractivity (Wildman–Crippen MR) is 103 cm³/mol. The highest BCUT2D eigenvalue weighted by Gasteiger charge is 2.32. The second-order valence-electron chi connectivity index (χ2n) is 5.50. The van der Waals surface area contributed by atoms with Crippen molar-refractivity contribution < 1.29 is 9.66 Å². The minimum absolute atomic E-state index is 0.0300. The maximum atomic E-state index is 10.7. The SMILES string of the molecule is NC1=NC(Cl)(c2cc(Br)ccc2OCc2ccc([N+](=O)[O-])cc2)C=CN1. The lowest BCUT2D eigenvalue weighted by atomic mass is 10.0. The molecule has 0 saturated carbocycles. The third kappa shape index (κ3) is 3.97. The highest BCUT2D eigenvalue weighted by Crippen LogP contribution is 2.40. The van der Waals surface area contributed by atoms with Crippen LogP contribution in [0.3, 0.4) is 0 Å². The van der Waals surface area contributed by atoms with Crippen LogP contribution in [0, 0.1) is 10.1 Å². The van der Waals surface area contributed by atoms with Gasteiger partial charge in [-0.1, -0.05) is 27.5 Å². The van der Waals surface area contributed by atoms with Crippen LogP contribution in [0.5, 0.6) is 5.75 Å². The molecular formula is C17H14BrClN4O3. The summed E-state index contributed by atoms with van der Waals surface area (Å²) in [7, 11) is 0. The Hall–Kier alpha value is -2.58. The van der Waals surface area contributed by atoms with E-state index < -0.39 is 9.92 Å². The molecule has 0 saturated heterocycles. The van der Waals surface area contributed by atoms with Crippen molar-refractivity contribution in [2.45, 2.75) is 11.6 Å². The molecule has 1 heterocycles. The Bertz CT molecular complexity index is 901. The summed E-state index contributed by atoms with van der Waals surface area (Å²) in [5.74, 6) is 0.730. The highest BCUT2D eigenvalue weighted by molar-refractivity contribution is 9.10. The first-order valence-corrected chi connectivity index (χ1v) is 8.69. The molecule has 1 atom stereocenters. The number of alkyl halides is 1. The van der Waals surface area contributed by atoms with Gasteiger partial charge >= 0.3 is 0 Å². The zero-order valence-electron chi connectivity index (χ0n) is 13.4. The van der Waals surface area contributed by atoms with Crippen molar-refractivity contribution >= 4 is 39.2 Å². The number of hydrogen-bond donors (Lipinski definition) is 2. The Kier molecular flexibility index (Phi) is 5.15. The first-order valence-electron chi connectivity index (χ1n) is 7.52. The molecule has 1 aliphatic heterocycles. The number of ether oxygens (including phenoxy) is 1. The topological polar surface area (TPSA) is 103 Å². The summed E-state index contributed by atoms with van der Waals surface area (Å²) in [5.41, 5.74) is 7.18. The van der Waals surface area contributed by atoms with Gasteiger partial charge in [-0.3, -0.25) is 10.1 Å². The summed E-state index contributed by atoms with van der Waals surface area (Å²) in [5, 5.41) is 13.5. The van der Waals surface area contributed by atoms with E-state index in [4.69, 9.17) is 22.1 Å². The quantitative estimate of drug-likeness (QED) is 0.321. The fourth-order valence-electron chi connectivity index (χ4n) is 2.41. The van der Waals surface area contributed by atoms with E-state index >= 15 is 0 Å². The number of aliphatic imine (C=N–C) groups is 1. The van der Waals surface area contributed by atoms with Crippen LogP contribution in [0.25, 0.3) is 0 Å². The molecule has 134 valence electrons. The van der Waals surface area contributed by atoms with Gasteiger partial charge in [-0.25, -0.2) is 4.99 Å². The van der Waals surface area contributed by atoms with Crippen molar-refractivity contribution in [2.24, 2.45) is 10.7 Å². The van der Waals surface area contributed by atoms with Gasteiger partial charge in [0.15, 0.2) is 11.0 Å². The molecule has 0 bridgehead atoms. The minimum Gasteiger partial charge on any atom is -0.488 e. The van der Waals surface area contributed by atoms with E-state index in [9.17, 15) is 10.1 Å². The molecule has 0 aliphatic carbocycles. The molecule has 3 N–H and O–H groups in total. The Morgan fingerprint density at radius 3 is 2.69 bits per heavy atom. The van der Waals surface area contributed by atoms with Gasteiger partial charge in [0.05, 0.1) is 4.92 Å². The summed E-state index contributed by atoms with van der Waals surface area (Å²) < 4.78 is 6.71. The molecule has 26 heavy (non-hydrogen) atoms. The number of nitro groups is 1. The largest absolute Gasteiger partial charge is 0.488 e. The van der Waals surface area contributed by atoms with Crippen molar-refractivity contribution in [1.29, 1.82) is 0 Å². The molecule has 7 nitrogen and oxygen atoms in total. The molecule has 1 aliphatic rings. The van der Waals surface area contributed by atoms with E-state index in [1.54, 1.807) is 30.5 Å². The van der Waals surface area contributed by atoms with Gasteiger partial charge < -0.3 is 15.8 Å². The van der Waals surface area contributed by atoms with Crippen LogP contribution in [-0.4, -0.2) is 10.9 Å². The molecule has 9 heteroatoms. The fraction of sp³-hybridized carbons (Fsp3) is 0.118. The van der Waals surface area contributed by atoms with E-state index in [1.807, 2.05) is 12.1 Å². The number of rotatable bonds is 5. The summed E-state index contributed by atoms with van der Waals surface area (Å²) in [6, 6.07) is 11.6. The van der Waals surface area contributed by atoms with Crippen LogP contribution in [-0.2, 0) is 11.6 Å². The van der Waals surface area contributed by atoms with E-state index in [-0.39, 0.29) is 18.3 Å². The van der Waals surface area contributed by atoms with E-state index in [0.29, 0.717) is 11.3 Å². The number of nitrogens with two attached hydrogens (primary N) is 1. The normalized spacial score (nSPS) is 18.8. The summed E-state index contributed by atoms with van der Waals surface area (Å²) in [6.45, 7) is 0.223. The molecule has 0 amide bonds. The summed E-state index contributed by atoms with van der Waals surface area (Å²) in [4.78, 5) is 13.4. The average molecular weight is 438 g/mol. The molecule has 0 radical (unpaired) electrons. The third-order valence-corrected chi connectivity index (χ3v) is 4.59. The number of non-ortho nitro benzene ring substituents is 1. The molecular weight excluding hydrogens is 424 g/mol. The van der Waals surface area contributed by atoms with Gasteiger partial charge in [-0.15, -0.1) is 0 Å². The molecule has 2 aromatic rings. The molecule has 3 rings (SSSR count). The van der Waals surface area contributed by atoms with Crippen LogP contribution in [0.4, 0.5) is 5.69 Å². The van der Waals surface area contributed by atoms with Gasteiger partial charge in [0.25, 0.3) is 5.69 Å². The molecule has 2 aromatic carbocycles. The van der Waals surface area contributed by atoms with Crippen LogP contribution < -0.4 is 15.8 Å². The number of nitrogens with one attached hydrogen (secondary N) is 1. The Labute approximate surface area is 162 Å². The fourth-order valence-corrected chi connectivity index (χ4v) is 3.07. The van der Waals surface area contributed by atoms with Crippen LogP contribution >= 0.6 is 27.5 Å². The highest BCUT2D eigenvalue weighted by atomic mass is 79.9. The first kappa shape index (κ1) is 18.2. The molecule has 0 fully saturated rings. The molecule has 0 spiro atoms. The lowest BCUT2D eigenvalue weighted by Gasteiger charge is -2.25. The predicted octanol–water partition coefficient (Wildman–Crippen LogP) is 3.76. The number of hydrogen-bond acceptors (Lipinski definition) is 6. The Morgan fingerprint density at radius 1 is 1.31 bits per heavy atom. The monoisotopic (exact) mass is 436 g/mol. The molecule has 1 unspecified atom stereocenters. The van der Waals surface area contributed by atoms with Gasteiger partial charge in [0, 0.05) is 28.4 Å². The number of benzene rings is 2. The Balaban J connectivity index is 1.85. The van der Waals surface area contributed by atoms with Gasteiger partial charge in [-0.05, 0) is 42.0 Å². The first-order chi connectivity index (χ1) is 12.4. The molecule has 0 aromatic heterocycles. The smallest absolute Gasteiger partial charge is 0.269 e. The second-order valence-corrected chi connectivity index (χ2v) is 6.99. The standard InChI is InChI=1S/C17H14BrClN4O3/c18-12-3-6-15(14(9-12)17(19)7-8-21-16(20)22-17)26-10-11-1-4-13(5-2-11)23(24)25/h1-9H,10H2,(H3,20,21,22). The van der Waals surface area contributed by atoms with Crippen LogP contribution in [0.2, 0.25) is 0 Å². The van der Waals surface area contributed by atoms with Gasteiger partial charge in [0.1, 0.15) is 12.4 Å². The van der Waals surface area contributed by atoms with Crippen LogP contribution in [0.15, 0.2) is 64.2 Å². The van der Waals surface area contributed by atoms with Crippen molar-refractivity contribution in [1.82, 2.24) is 5.32 Å². The zero-order valence-corrected chi connectivity index (χ0v) is 15.7. The van der Waals surface area contributed by atoms with E-state index in [0.717, 1.165) is 10.0 Å². The van der Waals surface area contributed by atoms with Crippen molar-refractivity contribution in [3.63, 3.8) is 0 Å². The lowest BCUT2D eigenvalue weighted by Crippen LogP contribution is -2.34. The Morgan fingerprint density at radius 2 is 2.04 bits per heavy atom. The number of halogens is 2. The van der Waals surface area contributed by atoms with Gasteiger partial charge in [-0.2, -0.15) is 0 Å². The average Bonchev–Trinajstić information content (AvgIpc) is 2.61. The summed E-state index contributed by atoms with van der Waals surface area (Å²) >= 11 is 10.1. The second kappa shape index (κ2) is 7.35. The van der Waals surface area contributed by atoms with E-state index in [2.05, 4.69) is 26.2 Å². The van der Waals surface area contributed by atoms with Crippen molar-refractivity contribution in [3.05, 3.63) is 80.5 Å². The number of nitrogens with zero attached hydrogens (tertiary/aromatic N) is 2. The van der Waals surface area contributed by atoms with Crippen molar-refractivity contribution in [3.8, 4) is 5.75 Å². The maximum Gasteiger partial charge on any atom is 0.269 e. The minimum atomic E-state index is -1.19. The summed E-state index contributed by atoms with van der Waals surface area (Å²) in [6.07, 6.45) is 3.29.